The molecule has 0 aromatic heterocycles. The van der Waals surface area contributed by atoms with E-state index in [-0.39, 0.29) is 6.10 Å². The zero-order valence-electron chi connectivity index (χ0n) is 7.75. The highest BCUT2D eigenvalue weighted by molar-refractivity contribution is 7.99. The predicted molar refractivity (Wildman–Crippen MR) is 54.6 cm³/mol. The Morgan fingerprint density at radius 2 is 2.50 bits per heavy atom. The van der Waals surface area contributed by atoms with Gasteiger partial charge in [-0.05, 0) is 50.3 Å². The number of thioether (sulfide) groups is 1. The van der Waals surface area contributed by atoms with Crippen molar-refractivity contribution in [2.75, 3.05) is 24.6 Å². The van der Waals surface area contributed by atoms with E-state index in [1.807, 2.05) is 6.92 Å². The van der Waals surface area contributed by atoms with Crippen LogP contribution in [-0.4, -0.2) is 35.8 Å². The van der Waals surface area contributed by atoms with E-state index in [2.05, 4.69) is 17.1 Å². The molecule has 2 N–H and O–H groups in total. The molecule has 2 atom stereocenters. The molecule has 3 heteroatoms. The Morgan fingerprint density at radius 3 is 3.08 bits per heavy atom. The van der Waals surface area contributed by atoms with E-state index in [1.54, 1.807) is 0 Å². The summed E-state index contributed by atoms with van der Waals surface area (Å²) in [5.41, 5.74) is 0. The Balaban J connectivity index is 1.88. The molecule has 1 heterocycles. The van der Waals surface area contributed by atoms with E-state index in [1.165, 1.54) is 17.9 Å². The SMILES string of the molecule is CC(O)CCNCC1CCSC1. The maximum absolute atomic E-state index is 9.00. The molecule has 2 nitrogen and oxygen atoms in total. The van der Waals surface area contributed by atoms with Crippen molar-refractivity contribution in [1.29, 1.82) is 0 Å². The molecular formula is C9H19NOS. The standard InChI is InChI=1S/C9H19NOS/c1-8(11)2-4-10-6-9-3-5-12-7-9/h8-11H,2-7H2,1H3. The van der Waals surface area contributed by atoms with Gasteiger partial charge in [0.25, 0.3) is 0 Å². The Morgan fingerprint density at radius 1 is 1.67 bits per heavy atom. The molecule has 0 amide bonds. The summed E-state index contributed by atoms with van der Waals surface area (Å²) in [6.07, 6.45) is 2.09. The summed E-state index contributed by atoms with van der Waals surface area (Å²) in [4.78, 5) is 0. The van der Waals surface area contributed by atoms with Gasteiger partial charge >= 0.3 is 0 Å². The van der Waals surface area contributed by atoms with Crippen LogP contribution in [0.15, 0.2) is 0 Å². The molecule has 0 saturated carbocycles. The summed E-state index contributed by atoms with van der Waals surface area (Å²) in [5.74, 6) is 3.54. The summed E-state index contributed by atoms with van der Waals surface area (Å²) < 4.78 is 0. The third-order valence-corrected chi connectivity index (χ3v) is 3.43. The van der Waals surface area contributed by atoms with Gasteiger partial charge in [0, 0.05) is 0 Å². The molecule has 0 aromatic rings. The summed E-state index contributed by atoms with van der Waals surface area (Å²) in [5, 5.41) is 12.4. The minimum absolute atomic E-state index is 0.157. The van der Waals surface area contributed by atoms with Crippen molar-refractivity contribution in [1.82, 2.24) is 5.32 Å². The third-order valence-electron chi connectivity index (χ3n) is 2.20. The van der Waals surface area contributed by atoms with Crippen LogP contribution < -0.4 is 5.32 Å². The third kappa shape index (κ3) is 4.33. The van der Waals surface area contributed by atoms with Crippen LogP contribution in [0.5, 0.6) is 0 Å². The smallest absolute Gasteiger partial charge is 0.0524 e. The molecular weight excluding hydrogens is 170 g/mol. The zero-order chi connectivity index (χ0) is 8.81. The molecule has 72 valence electrons. The molecule has 0 radical (unpaired) electrons. The van der Waals surface area contributed by atoms with Gasteiger partial charge in [0.05, 0.1) is 6.10 Å². The van der Waals surface area contributed by atoms with Gasteiger partial charge < -0.3 is 10.4 Å². The minimum Gasteiger partial charge on any atom is -0.393 e. The van der Waals surface area contributed by atoms with Gasteiger partial charge in [-0.15, -0.1) is 0 Å². The van der Waals surface area contributed by atoms with Crippen molar-refractivity contribution in [2.24, 2.45) is 5.92 Å². The lowest BCUT2D eigenvalue weighted by atomic mass is 10.1. The highest BCUT2D eigenvalue weighted by Gasteiger charge is 2.14. The first kappa shape index (κ1) is 10.4. The van der Waals surface area contributed by atoms with Gasteiger partial charge in [0.1, 0.15) is 0 Å². The maximum Gasteiger partial charge on any atom is 0.0524 e. The molecule has 1 aliphatic heterocycles. The number of hydrogen-bond acceptors (Lipinski definition) is 3. The molecule has 2 unspecified atom stereocenters. The number of nitrogens with one attached hydrogen (secondary N) is 1. The second kappa shape index (κ2) is 5.84. The van der Waals surface area contributed by atoms with E-state index >= 15 is 0 Å². The van der Waals surface area contributed by atoms with Gasteiger partial charge in [-0.25, -0.2) is 0 Å². The molecule has 0 aromatic carbocycles. The summed E-state index contributed by atoms with van der Waals surface area (Å²) in [7, 11) is 0. The summed E-state index contributed by atoms with van der Waals surface area (Å²) in [6.45, 7) is 3.94. The Kier molecular flexibility index (Phi) is 5.04. The van der Waals surface area contributed by atoms with Crippen LogP contribution in [0.2, 0.25) is 0 Å². The first-order valence-electron chi connectivity index (χ1n) is 4.75. The second-order valence-corrected chi connectivity index (χ2v) is 4.72. The van der Waals surface area contributed by atoms with Crippen LogP contribution >= 0.6 is 11.8 Å². The molecule has 1 rings (SSSR count). The quantitative estimate of drug-likeness (QED) is 0.635. The number of rotatable bonds is 5. The van der Waals surface area contributed by atoms with E-state index in [9.17, 15) is 0 Å². The fourth-order valence-corrected chi connectivity index (χ4v) is 2.65. The first-order valence-corrected chi connectivity index (χ1v) is 5.91. The number of hydrogen-bond donors (Lipinski definition) is 2. The van der Waals surface area contributed by atoms with Crippen molar-refractivity contribution >= 4 is 11.8 Å². The molecule has 0 bridgehead atoms. The predicted octanol–water partition coefficient (Wildman–Crippen LogP) is 1.10. The molecule has 0 aliphatic carbocycles. The molecule has 0 spiro atoms. The van der Waals surface area contributed by atoms with Crippen LogP contribution in [0.1, 0.15) is 19.8 Å². The van der Waals surface area contributed by atoms with Crippen molar-refractivity contribution in [2.45, 2.75) is 25.9 Å². The average molecular weight is 189 g/mol. The van der Waals surface area contributed by atoms with Crippen LogP contribution in [-0.2, 0) is 0 Å². The largest absolute Gasteiger partial charge is 0.393 e. The van der Waals surface area contributed by atoms with Gasteiger partial charge in [0.2, 0.25) is 0 Å². The molecule has 1 saturated heterocycles. The van der Waals surface area contributed by atoms with E-state index < -0.39 is 0 Å². The van der Waals surface area contributed by atoms with Crippen molar-refractivity contribution in [3.05, 3.63) is 0 Å². The average Bonchev–Trinajstić information content (AvgIpc) is 2.49. The van der Waals surface area contributed by atoms with Gasteiger partial charge in [-0.2, -0.15) is 11.8 Å². The monoisotopic (exact) mass is 189 g/mol. The van der Waals surface area contributed by atoms with E-state index in [0.29, 0.717) is 0 Å². The topological polar surface area (TPSA) is 32.3 Å². The van der Waals surface area contributed by atoms with Crippen molar-refractivity contribution in [3.63, 3.8) is 0 Å². The first-order chi connectivity index (χ1) is 5.79. The summed E-state index contributed by atoms with van der Waals surface area (Å²) >= 11 is 2.06. The van der Waals surface area contributed by atoms with E-state index in [0.717, 1.165) is 25.4 Å². The lowest BCUT2D eigenvalue weighted by Gasteiger charge is -2.10. The van der Waals surface area contributed by atoms with Gasteiger partial charge in [-0.1, -0.05) is 0 Å². The fourth-order valence-electron chi connectivity index (χ4n) is 1.36. The highest BCUT2D eigenvalue weighted by Crippen LogP contribution is 2.22. The summed E-state index contributed by atoms with van der Waals surface area (Å²) in [6, 6.07) is 0. The number of aliphatic hydroxyl groups excluding tert-OH is 1. The zero-order valence-corrected chi connectivity index (χ0v) is 8.57. The molecule has 1 fully saturated rings. The fraction of sp³-hybridized carbons (Fsp3) is 1.00. The number of aliphatic hydroxyl groups is 1. The highest BCUT2D eigenvalue weighted by atomic mass is 32.2. The minimum atomic E-state index is -0.157. The van der Waals surface area contributed by atoms with Gasteiger partial charge in [-0.3, -0.25) is 0 Å². The Hall–Kier alpha value is 0.270. The van der Waals surface area contributed by atoms with Crippen LogP contribution in [0, 0.1) is 5.92 Å². The van der Waals surface area contributed by atoms with Gasteiger partial charge in [0.15, 0.2) is 0 Å². The van der Waals surface area contributed by atoms with Crippen molar-refractivity contribution < 1.29 is 5.11 Å². The maximum atomic E-state index is 9.00. The molecule has 1 aliphatic rings. The molecule has 12 heavy (non-hydrogen) atoms. The Labute approximate surface area is 79.1 Å². The van der Waals surface area contributed by atoms with Crippen molar-refractivity contribution in [3.8, 4) is 0 Å². The lowest BCUT2D eigenvalue weighted by Crippen LogP contribution is -2.25. The van der Waals surface area contributed by atoms with E-state index in [4.69, 9.17) is 5.11 Å². The Bertz CT molecular complexity index is 113. The van der Waals surface area contributed by atoms with Crippen LogP contribution in [0.25, 0.3) is 0 Å². The lowest BCUT2D eigenvalue weighted by molar-refractivity contribution is 0.183. The van der Waals surface area contributed by atoms with Crippen LogP contribution in [0.4, 0.5) is 0 Å². The second-order valence-electron chi connectivity index (χ2n) is 3.57. The van der Waals surface area contributed by atoms with Crippen LogP contribution in [0.3, 0.4) is 0 Å². The normalized spacial score (nSPS) is 26.0.